The third-order valence-corrected chi connectivity index (χ3v) is 5.67. The molecule has 0 amide bonds. The van der Waals surface area contributed by atoms with E-state index in [1.54, 1.807) is 0 Å². The lowest BCUT2D eigenvalue weighted by molar-refractivity contribution is 0.129. The summed E-state index contributed by atoms with van der Waals surface area (Å²) in [5, 5.41) is 3.60. The Labute approximate surface area is 162 Å². The van der Waals surface area contributed by atoms with E-state index >= 15 is 0 Å². The number of ether oxygens (including phenoxy) is 1. The monoisotopic (exact) mass is 363 g/mol. The highest BCUT2D eigenvalue weighted by molar-refractivity contribution is 5.80. The molecule has 2 unspecified atom stereocenters. The second kappa shape index (κ2) is 8.47. The summed E-state index contributed by atoms with van der Waals surface area (Å²) in [4.78, 5) is 6.87. The van der Waals surface area contributed by atoms with E-state index in [2.05, 4.69) is 45.5 Å². The molecule has 0 bridgehead atoms. The van der Waals surface area contributed by atoms with Crippen LogP contribution in [0.1, 0.15) is 30.7 Å². The fourth-order valence-electron chi connectivity index (χ4n) is 4.01. The van der Waals surface area contributed by atoms with Gasteiger partial charge < -0.3 is 15.0 Å². The molecule has 1 saturated heterocycles. The lowest BCUT2D eigenvalue weighted by Gasteiger charge is -2.34. The van der Waals surface area contributed by atoms with Crippen LogP contribution < -0.4 is 10.1 Å². The predicted octanol–water partition coefficient (Wildman–Crippen LogP) is 3.91. The van der Waals surface area contributed by atoms with Gasteiger partial charge in [-0.3, -0.25) is 4.99 Å². The van der Waals surface area contributed by atoms with E-state index in [0.29, 0.717) is 12.0 Å². The van der Waals surface area contributed by atoms with Crippen LogP contribution in [-0.4, -0.2) is 43.6 Å². The predicted molar refractivity (Wildman–Crippen MR) is 110 cm³/mol. The maximum Gasteiger partial charge on any atom is 0.193 e. The highest BCUT2D eigenvalue weighted by atomic mass is 16.5. The molecule has 1 aliphatic heterocycles. The number of hydrogen-bond donors (Lipinski definition) is 1. The van der Waals surface area contributed by atoms with Gasteiger partial charge in [-0.1, -0.05) is 48.5 Å². The van der Waals surface area contributed by atoms with Gasteiger partial charge in [-0.15, -0.1) is 0 Å². The summed E-state index contributed by atoms with van der Waals surface area (Å²) in [6.45, 7) is 2.99. The highest BCUT2D eigenvalue weighted by Gasteiger charge is 2.38. The number of likely N-dealkylation sites (tertiary alicyclic amines) is 1. The Balaban J connectivity index is 1.22. The molecule has 1 aliphatic carbocycles. The van der Waals surface area contributed by atoms with Gasteiger partial charge >= 0.3 is 0 Å². The Bertz CT molecular complexity index is 739. The third kappa shape index (κ3) is 4.62. The van der Waals surface area contributed by atoms with Crippen LogP contribution in [-0.2, 0) is 0 Å². The molecule has 4 rings (SSSR count). The van der Waals surface area contributed by atoms with Gasteiger partial charge in [0, 0.05) is 39.5 Å². The van der Waals surface area contributed by atoms with Gasteiger partial charge in [0.25, 0.3) is 0 Å². The van der Waals surface area contributed by atoms with E-state index in [9.17, 15) is 0 Å². The molecule has 2 aliphatic rings. The van der Waals surface area contributed by atoms with Crippen LogP contribution in [0.2, 0.25) is 0 Å². The number of hydrogen-bond acceptors (Lipinski definition) is 2. The number of guanidine groups is 1. The summed E-state index contributed by atoms with van der Waals surface area (Å²) in [5.41, 5.74) is 1.47. The Morgan fingerprint density at radius 3 is 2.37 bits per heavy atom. The van der Waals surface area contributed by atoms with Crippen LogP contribution in [0.5, 0.6) is 5.75 Å². The van der Waals surface area contributed by atoms with Crippen molar-refractivity contribution in [3.8, 4) is 5.75 Å². The summed E-state index contributed by atoms with van der Waals surface area (Å²) >= 11 is 0. The standard InChI is InChI=1S/C23H29N3O/c1-24-23(25-17-19-16-22(19)18-8-4-2-5-9-18)26-14-12-21(13-15-26)27-20-10-6-3-7-11-20/h2-11,19,21-22H,12-17H2,1H3,(H,24,25). The van der Waals surface area contributed by atoms with E-state index in [1.165, 1.54) is 12.0 Å². The van der Waals surface area contributed by atoms with Crippen LogP contribution in [0.3, 0.4) is 0 Å². The van der Waals surface area contributed by atoms with Crippen molar-refractivity contribution in [1.82, 2.24) is 10.2 Å². The summed E-state index contributed by atoms with van der Waals surface area (Å²) in [7, 11) is 1.89. The van der Waals surface area contributed by atoms with Crippen LogP contribution in [0.4, 0.5) is 0 Å². The van der Waals surface area contributed by atoms with E-state index < -0.39 is 0 Å². The first-order valence-corrected chi connectivity index (χ1v) is 10.1. The number of rotatable bonds is 5. The Hall–Kier alpha value is -2.49. The molecule has 1 N–H and O–H groups in total. The van der Waals surface area contributed by atoms with Crippen LogP contribution in [0, 0.1) is 5.92 Å². The minimum atomic E-state index is 0.299. The molecule has 2 aromatic carbocycles. The molecule has 0 radical (unpaired) electrons. The minimum absolute atomic E-state index is 0.299. The van der Waals surface area contributed by atoms with E-state index in [4.69, 9.17) is 4.74 Å². The van der Waals surface area contributed by atoms with Gasteiger partial charge in [-0.25, -0.2) is 0 Å². The maximum atomic E-state index is 6.10. The summed E-state index contributed by atoms with van der Waals surface area (Å²) in [6.07, 6.45) is 3.64. The van der Waals surface area contributed by atoms with Crippen molar-refractivity contribution in [3.63, 3.8) is 0 Å². The fraction of sp³-hybridized carbons (Fsp3) is 0.435. The lowest BCUT2D eigenvalue weighted by Crippen LogP contribution is -2.48. The first-order valence-electron chi connectivity index (χ1n) is 10.1. The number of piperidine rings is 1. The topological polar surface area (TPSA) is 36.9 Å². The average Bonchev–Trinajstić information content (AvgIpc) is 3.51. The molecule has 27 heavy (non-hydrogen) atoms. The van der Waals surface area contributed by atoms with Gasteiger partial charge in [-0.2, -0.15) is 0 Å². The average molecular weight is 364 g/mol. The van der Waals surface area contributed by atoms with Crippen molar-refractivity contribution in [2.45, 2.75) is 31.3 Å². The van der Waals surface area contributed by atoms with Crippen molar-refractivity contribution < 1.29 is 4.74 Å². The Kier molecular flexibility index (Phi) is 5.61. The first kappa shape index (κ1) is 17.9. The fourth-order valence-corrected chi connectivity index (χ4v) is 4.01. The zero-order valence-corrected chi connectivity index (χ0v) is 16.1. The molecule has 4 heteroatoms. The Morgan fingerprint density at radius 2 is 1.70 bits per heavy atom. The number of aliphatic imine (C=N–C) groups is 1. The van der Waals surface area contributed by atoms with Gasteiger partial charge in [-0.05, 0) is 36.0 Å². The molecular weight excluding hydrogens is 334 g/mol. The summed E-state index contributed by atoms with van der Waals surface area (Å²) in [6, 6.07) is 21.0. The normalized spacial score (nSPS) is 23.1. The molecule has 2 aromatic rings. The molecule has 0 aromatic heterocycles. The lowest BCUT2D eigenvalue weighted by atomic mass is 10.1. The van der Waals surface area contributed by atoms with Crippen LogP contribution >= 0.6 is 0 Å². The quantitative estimate of drug-likeness (QED) is 0.646. The van der Waals surface area contributed by atoms with E-state index in [0.717, 1.165) is 50.1 Å². The molecule has 1 saturated carbocycles. The van der Waals surface area contributed by atoms with Gasteiger partial charge in [0.05, 0.1) is 0 Å². The zero-order valence-electron chi connectivity index (χ0n) is 16.1. The van der Waals surface area contributed by atoms with Crippen LogP contribution in [0.25, 0.3) is 0 Å². The number of nitrogens with one attached hydrogen (secondary N) is 1. The van der Waals surface area contributed by atoms with Crippen molar-refractivity contribution >= 4 is 5.96 Å². The molecule has 2 atom stereocenters. The molecular formula is C23H29N3O. The number of benzene rings is 2. The van der Waals surface area contributed by atoms with Gasteiger partial charge in [0.15, 0.2) is 5.96 Å². The van der Waals surface area contributed by atoms with Crippen molar-refractivity contribution in [3.05, 3.63) is 66.2 Å². The molecule has 2 fully saturated rings. The second-order valence-corrected chi connectivity index (χ2v) is 7.56. The molecule has 142 valence electrons. The SMILES string of the molecule is CN=C(NCC1CC1c1ccccc1)N1CCC(Oc2ccccc2)CC1. The zero-order chi connectivity index (χ0) is 18.5. The van der Waals surface area contributed by atoms with Crippen molar-refractivity contribution in [1.29, 1.82) is 0 Å². The number of para-hydroxylation sites is 1. The molecule has 0 spiro atoms. The van der Waals surface area contributed by atoms with E-state index in [1.807, 2.05) is 37.4 Å². The van der Waals surface area contributed by atoms with Crippen molar-refractivity contribution in [2.75, 3.05) is 26.7 Å². The second-order valence-electron chi connectivity index (χ2n) is 7.56. The largest absolute Gasteiger partial charge is 0.490 e. The summed E-state index contributed by atoms with van der Waals surface area (Å²) in [5.74, 6) is 3.44. The molecule has 4 nitrogen and oxygen atoms in total. The van der Waals surface area contributed by atoms with Crippen LogP contribution in [0.15, 0.2) is 65.7 Å². The van der Waals surface area contributed by atoms with Crippen molar-refractivity contribution in [2.24, 2.45) is 10.9 Å². The summed E-state index contributed by atoms with van der Waals surface area (Å²) < 4.78 is 6.10. The number of nitrogens with zero attached hydrogens (tertiary/aromatic N) is 2. The van der Waals surface area contributed by atoms with Gasteiger partial charge in [0.1, 0.15) is 11.9 Å². The molecule has 1 heterocycles. The Morgan fingerprint density at radius 1 is 1.04 bits per heavy atom. The minimum Gasteiger partial charge on any atom is -0.490 e. The highest BCUT2D eigenvalue weighted by Crippen LogP contribution is 2.46. The smallest absolute Gasteiger partial charge is 0.193 e. The van der Waals surface area contributed by atoms with E-state index in [-0.39, 0.29) is 0 Å². The third-order valence-electron chi connectivity index (χ3n) is 5.67. The maximum absolute atomic E-state index is 6.10. The van der Waals surface area contributed by atoms with Gasteiger partial charge in [0.2, 0.25) is 0 Å². The first-order chi connectivity index (χ1) is 13.3.